The molecule has 1 aromatic heterocycles. The summed E-state index contributed by atoms with van der Waals surface area (Å²) in [5.41, 5.74) is 8.90. The Morgan fingerprint density at radius 2 is 1.54 bits per heavy atom. The van der Waals surface area contributed by atoms with Crippen molar-refractivity contribution in [2.45, 2.75) is 13.1 Å². The van der Waals surface area contributed by atoms with E-state index in [1.807, 2.05) is 48.5 Å². The van der Waals surface area contributed by atoms with Gasteiger partial charge >= 0.3 is 0 Å². The third-order valence-electron chi connectivity index (χ3n) is 4.08. The summed E-state index contributed by atoms with van der Waals surface area (Å²) >= 11 is 0. The van der Waals surface area contributed by atoms with Crippen LogP contribution in [0.5, 0.6) is 11.5 Å². The zero-order valence-corrected chi connectivity index (χ0v) is 14.1. The summed E-state index contributed by atoms with van der Waals surface area (Å²) in [6.07, 6.45) is 1.49. The van der Waals surface area contributed by atoms with Crippen molar-refractivity contribution in [3.63, 3.8) is 0 Å². The fourth-order valence-corrected chi connectivity index (χ4v) is 2.70. The molecule has 0 saturated carbocycles. The second-order valence-corrected chi connectivity index (χ2v) is 5.86. The second kappa shape index (κ2) is 7.18. The number of hydrogen-bond donors (Lipinski definition) is 3. The molecular formula is C19H19N5O2. The Hall–Kier alpha value is -3.48. The summed E-state index contributed by atoms with van der Waals surface area (Å²) in [6, 6.07) is 15.9. The first kappa shape index (κ1) is 16.0. The highest BCUT2D eigenvalue weighted by molar-refractivity contribution is 5.74. The highest BCUT2D eigenvalue weighted by Gasteiger charge is 2.13. The molecule has 0 saturated heterocycles. The number of nitrogens with one attached hydrogen (secondary N) is 2. The first-order valence-corrected chi connectivity index (χ1v) is 8.30. The molecule has 7 heteroatoms. The van der Waals surface area contributed by atoms with Crippen LogP contribution in [0.4, 0.5) is 17.3 Å². The van der Waals surface area contributed by atoms with Crippen LogP contribution in [-0.2, 0) is 13.1 Å². The molecule has 1 aliphatic rings. The maximum absolute atomic E-state index is 6.21. The van der Waals surface area contributed by atoms with E-state index in [0.717, 1.165) is 22.6 Å². The molecule has 0 aliphatic carbocycles. The molecule has 1 aliphatic heterocycles. The topological polar surface area (TPSA) is 94.3 Å². The minimum atomic E-state index is 0.265. The Morgan fingerprint density at radius 3 is 2.31 bits per heavy atom. The lowest BCUT2D eigenvalue weighted by Crippen LogP contribution is -2.10. The molecule has 132 valence electrons. The van der Waals surface area contributed by atoms with E-state index in [9.17, 15) is 0 Å². The van der Waals surface area contributed by atoms with Gasteiger partial charge in [-0.2, -0.15) is 0 Å². The average Bonchev–Trinajstić information content (AvgIpc) is 3.15. The number of nitrogen functional groups attached to an aromatic ring is 1. The number of hydrogen-bond acceptors (Lipinski definition) is 7. The Bertz CT molecular complexity index is 902. The first-order chi connectivity index (χ1) is 12.8. The largest absolute Gasteiger partial charge is 0.454 e. The molecule has 4 N–H and O–H groups in total. The Kier molecular flexibility index (Phi) is 4.42. The van der Waals surface area contributed by atoms with E-state index < -0.39 is 0 Å². The van der Waals surface area contributed by atoms with Crippen molar-refractivity contribution in [2.75, 3.05) is 23.2 Å². The first-order valence-electron chi connectivity index (χ1n) is 8.30. The third kappa shape index (κ3) is 3.46. The molecule has 2 aromatic carbocycles. The number of ether oxygens (including phenoxy) is 2. The number of aromatic nitrogens is 2. The van der Waals surface area contributed by atoms with Gasteiger partial charge in [-0.05, 0) is 23.3 Å². The van der Waals surface area contributed by atoms with Crippen LogP contribution in [0.25, 0.3) is 0 Å². The van der Waals surface area contributed by atoms with Gasteiger partial charge in [0.25, 0.3) is 0 Å². The molecule has 0 amide bonds. The number of fused-ring (bicyclic) bond motifs is 1. The summed E-state index contributed by atoms with van der Waals surface area (Å²) in [5, 5.41) is 6.50. The van der Waals surface area contributed by atoms with Gasteiger partial charge in [0.2, 0.25) is 6.79 Å². The highest BCUT2D eigenvalue weighted by atomic mass is 16.7. The standard InChI is InChI=1S/C19H19N5O2/c20-17-18(21-9-13-4-2-1-3-5-13)23-11-24-19(17)22-10-14-6-7-15-16(8-14)26-12-25-15/h1-8,11H,9-10,12,20H2,(H2,21,22,23,24). The summed E-state index contributed by atoms with van der Waals surface area (Å²) in [6.45, 7) is 1.47. The van der Waals surface area contributed by atoms with Crippen molar-refractivity contribution < 1.29 is 9.47 Å². The summed E-state index contributed by atoms with van der Waals surface area (Å²) < 4.78 is 10.7. The van der Waals surface area contributed by atoms with E-state index in [2.05, 4.69) is 20.6 Å². The fraction of sp³-hybridized carbons (Fsp3) is 0.158. The van der Waals surface area contributed by atoms with Crippen molar-refractivity contribution >= 4 is 17.3 Å². The minimum Gasteiger partial charge on any atom is -0.454 e. The molecule has 2 heterocycles. The number of nitrogens with zero attached hydrogens (tertiary/aromatic N) is 2. The van der Waals surface area contributed by atoms with E-state index in [-0.39, 0.29) is 6.79 Å². The predicted octanol–water partition coefficient (Wildman–Crippen LogP) is 3.01. The van der Waals surface area contributed by atoms with Crippen LogP contribution >= 0.6 is 0 Å². The van der Waals surface area contributed by atoms with Crippen LogP contribution in [-0.4, -0.2) is 16.8 Å². The molecular weight excluding hydrogens is 330 g/mol. The average molecular weight is 349 g/mol. The minimum absolute atomic E-state index is 0.265. The highest BCUT2D eigenvalue weighted by Crippen LogP contribution is 2.33. The molecule has 3 aromatic rings. The number of rotatable bonds is 6. The van der Waals surface area contributed by atoms with E-state index >= 15 is 0 Å². The Balaban J connectivity index is 1.42. The zero-order valence-electron chi connectivity index (χ0n) is 14.1. The van der Waals surface area contributed by atoms with Crippen molar-refractivity contribution in [3.05, 3.63) is 66.0 Å². The van der Waals surface area contributed by atoms with Gasteiger partial charge in [0.15, 0.2) is 23.1 Å². The van der Waals surface area contributed by atoms with Crippen LogP contribution in [0, 0.1) is 0 Å². The van der Waals surface area contributed by atoms with Crippen LogP contribution in [0.1, 0.15) is 11.1 Å². The van der Waals surface area contributed by atoms with Crippen molar-refractivity contribution in [2.24, 2.45) is 0 Å². The van der Waals surface area contributed by atoms with E-state index in [1.54, 1.807) is 0 Å². The van der Waals surface area contributed by atoms with Crippen LogP contribution in [0.15, 0.2) is 54.9 Å². The van der Waals surface area contributed by atoms with Gasteiger partial charge in [-0.15, -0.1) is 0 Å². The van der Waals surface area contributed by atoms with Crippen molar-refractivity contribution in [1.29, 1.82) is 0 Å². The van der Waals surface area contributed by atoms with E-state index in [4.69, 9.17) is 15.2 Å². The smallest absolute Gasteiger partial charge is 0.231 e. The molecule has 0 unspecified atom stereocenters. The Morgan fingerprint density at radius 1 is 0.846 bits per heavy atom. The third-order valence-corrected chi connectivity index (χ3v) is 4.08. The second-order valence-electron chi connectivity index (χ2n) is 5.86. The summed E-state index contributed by atoms with van der Waals surface area (Å²) in [7, 11) is 0. The predicted molar refractivity (Wildman–Crippen MR) is 100 cm³/mol. The lowest BCUT2D eigenvalue weighted by Gasteiger charge is -2.13. The molecule has 26 heavy (non-hydrogen) atoms. The van der Waals surface area contributed by atoms with E-state index in [0.29, 0.717) is 30.4 Å². The molecule has 0 fully saturated rings. The normalized spacial score (nSPS) is 12.0. The number of nitrogens with two attached hydrogens (primary N) is 1. The molecule has 0 bridgehead atoms. The van der Waals surface area contributed by atoms with Gasteiger partial charge in [0.1, 0.15) is 12.0 Å². The van der Waals surface area contributed by atoms with Crippen LogP contribution < -0.4 is 25.8 Å². The summed E-state index contributed by atoms with van der Waals surface area (Å²) in [5.74, 6) is 2.72. The molecule has 4 rings (SSSR count). The van der Waals surface area contributed by atoms with Crippen molar-refractivity contribution in [1.82, 2.24) is 9.97 Å². The lowest BCUT2D eigenvalue weighted by molar-refractivity contribution is 0.174. The lowest BCUT2D eigenvalue weighted by atomic mass is 10.2. The quantitative estimate of drug-likeness (QED) is 0.630. The maximum Gasteiger partial charge on any atom is 0.231 e. The molecule has 7 nitrogen and oxygen atoms in total. The fourth-order valence-electron chi connectivity index (χ4n) is 2.70. The SMILES string of the molecule is Nc1c(NCc2ccccc2)ncnc1NCc1ccc2c(c1)OCO2. The van der Waals surface area contributed by atoms with E-state index in [1.165, 1.54) is 6.33 Å². The zero-order chi connectivity index (χ0) is 17.8. The number of anilines is 3. The summed E-state index contributed by atoms with van der Waals surface area (Å²) in [4.78, 5) is 8.47. The van der Waals surface area contributed by atoms with Gasteiger partial charge in [-0.1, -0.05) is 36.4 Å². The molecule has 0 atom stereocenters. The van der Waals surface area contributed by atoms with Gasteiger partial charge in [0, 0.05) is 13.1 Å². The van der Waals surface area contributed by atoms with Crippen LogP contribution in [0.2, 0.25) is 0 Å². The number of benzene rings is 2. The van der Waals surface area contributed by atoms with Gasteiger partial charge in [0.05, 0.1) is 0 Å². The van der Waals surface area contributed by atoms with Gasteiger partial charge in [-0.3, -0.25) is 0 Å². The maximum atomic E-state index is 6.21. The van der Waals surface area contributed by atoms with Crippen LogP contribution in [0.3, 0.4) is 0 Å². The van der Waals surface area contributed by atoms with Crippen molar-refractivity contribution in [3.8, 4) is 11.5 Å². The Labute approximate surface area is 151 Å². The molecule has 0 radical (unpaired) electrons. The van der Waals surface area contributed by atoms with Gasteiger partial charge < -0.3 is 25.8 Å². The van der Waals surface area contributed by atoms with Gasteiger partial charge in [-0.25, -0.2) is 9.97 Å². The molecule has 0 spiro atoms. The monoisotopic (exact) mass is 349 g/mol.